The van der Waals surface area contributed by atoms with E-state index in [1.54, 1.807) is 11.6 Å². The molecule has 0 amide bonds. The highest BCUT2D eigenvalue weighted by molar-refractivity contribution is 7.89. The number of piperazine rings is 1. The topological polar surface area (TPSA) is 79.3 Å². The van der Waals surface area contributed by atoms with E-state index in [1.807, 2.05) is 6.92 Å². The van der Waals surface area contributed by atoms with Crippen LogP contribution < -0.4 is 10.0 Å². The third-order valence-corrected chi connectivity index (χ3v) is 5.99. The minimum Gasteiger partial charge on any atom is -0.314 e. The Morgan fingerprint density at radius 1 is 1.19 bits per heavy atom. The Morgan fingerprint density at radius 3 is 2.38 bits per heavy atom. The average Bonchev–Trinajstić information content (AvgIpc) is 2.79. The minimum absolute atomic E-state index is 0. The second kappa shape index (κ2) is 11.5. The second-order valence-corrected chi connectivity index (χ2v) is 8.62. The third kappa shape index (κ3) is 6.98. The van der Waals surface area contributed by atoms with E-state index in [0.29, 0.717) is 23.1 Å². The molecule has 0 radical (unpaired) electrons. The monoisotopic (exact) mass is 429 g/mol. The standard InChI is InChI=1S/C16H31N5O2S.2ClH/c1-13(2)12-21-15(4)16(14(3)19-21)24(22,23)18-6-5-9-20-10-7-17-8-11-20;;/h13,17-18H,5-12H2,1-4H3;2*1H. The fraction of sp³-hybridized carbons (Fsp3) is 0.812. The van der Waals surface area contributed by atoms with E-state index in [-0.39, 0.29) is 24.8 Å². The first-order valence-corrected chi connectivity index (χ1v) is 10.3. The van der Waals surface area contributed by atoms with Crippen molar-refractivity contribution in [3.63, 3.8) is 0 Å². The molecule has 26 heavy (non-hydrogen) atoms. The van der Waals surface area contributed by atoms with E-state index in [1.165, 1.54) is 0 Å². The Labute approximate surface area is 170 Å². The summed E-state index contributed by atoms with van der Waals surface area (Å²) in [5, 5.41) is 7.72. The maximum atomic E-state index is 12.6. The number of nitrogens with zero attached hydrogens (tertiary/aromatic N) is 3. The molecule has 2 rings (SSSR count). The van der Waals surface area contributed by atoms with E-state index in [9.17, 15) is 8.42 Å². The Kier molecular flexibility index (Phi) is 11.3. The van der Waals surface area contributed by atoms with E-state index >= 15 is 0 Å². The molecule has 10 heteroatoms. The summed E-state index contributed by atoms with van der Waals surface area (Å²) in [5.74, 6) is 0.422. The molecule has 1 aliphatic rings. The molecule has 7 nitrogen and oxygen atoms in total. The van der Waals surface area contributed by atoms with E-state index < -0.39 is 10.0 Å². The number of hydrogen-bond donors (Lipinski definition) is 2. The largest absolute Gasteiger partial charge is 0.314 e. The predicted octanol–water partition coefficient (Wildman–Crippen LogP) is 1.57. The van der Waals surface area contributed by atoms with Crippen molar-refractivity contribution in [2.45, 2.75) is 45.6 Å². The molecule has 0 aromatic carbocycles. The van der Waals surface area contributed by atoms with Crippen molar-refractivity contribution >= 4 is 34.8 Å². The lowest BCUT2D eigenvalue weighted by Crippen LogP contribution is -2.44. The maximum Gasteiger partial charge on any atom is 0.244 e. The molecule has 1 aliphatic heterocycles. The van der Waals surface area contributed by atoms with E-state index in [0.717, 1.165) is 51.4 Å². The molecule has 0 unspecified atom stereocenters. The lowest BCUT2D eigenvalue weighted by Gasteiger charge is -2.27. The van der Waals surface area contributed by atoms with Crippen molar-refractivity contribution in [3.05, 3.63) is 11.4 Å². The predicted molar refractivity (Wildman–Crippen MR) is 110 cm³/mol. The molecule has 0 atom stereocenters. The molecule has 2 N–H and O–H groups in total. The van der Waals surface area contributed by atoms with Gasteiger partial charge >= 0.3 is 0 Å². The summed E-state index contributed by atoms with van der Waals surface area (Å²) >= 11 is 0. The molecule has 0 aliphatic carbocycles. The Bertz CT molecular complexity index is 643. The SMILES string of the molecule is Cc1nn(CC(C)C)c(C)c1S(=O)(=O)NCCCN1CCNCC1.Cl.Cl. The number of halogens is 2. The van der Waals surface area contributed by atoms with Gasteiger partial charge in [-0.15, -0.1) is 24.8 Å². The molecule has 1 fully saturated rings. The molecule has 154 valence electrons. The molecular weight excluding hydrogens is 397 g/mol. The van der Waals surface area contributed by atoms with Crippen molar-refractivity contribution in [1.29, 1.82) is 0 Å². The van der Waals surface area contributed by atoms with Crippen LogP contribution in [0.25, 0.3) is 0 Å². The first-order valence-electron chi connectivity index (χ1n) is 8.78. The van der Waals surface area contributed by atoms with Gasteiger partial charge in [-0.2, -0.15) is 5.10 Å². The molecule has 1 aromatic rings. The quantitative estimate of drug-likeness (QED) is 0.613. The fourth-order valence-electron chi connectivity index (χ4n) is 3.11. The van der Waals surface area contributed by atoms with Gasteiger partial charge in [0.15, 0.2) is 0 Å². The molecule has 1 saturated heterocycles. The van der Waals surface area contributed by atoms with Crippen LogP contribution in [0.4, 0.5) is 0 Å². The average molecular weight is 430 g/mol. The zero-order chi connectivity index (χ0) is 17.7. The summed E-state index contributed by atoms with van der Waals surface area (Å²) in [4.78, 5) is 2.70. The smallest absolute Gasteiger partial charge is 0.244 e. The van der Waals surface area contributed by atoms with Crippen LogP contribution in [0.1, 0.15) is 31.7 Å². The molecular formula is C16H33Cl2N5O2S. The summed E-state index contributed by atoms with van der Waals surface area (Å²) in [5.41, 5.74) is 1.29. The van der Waals surface area contributed by atoms with Crippen LogP contribution in [0.3, 0.4) is 0 Å². The van der Waals surface area contributed by atoms with Gasteiger partial charge in [0.1, 0.15) is 4.90 Å². The van der Waals surface area contributed by atoms with Crippen LogP contribution in [-0.4, -0.2) is 62.4 Å². The lowest BCUT2D eigenvalue weighted by atomic mass is 10.2. The summed E-state index contributed by atoms with van der Waals surface area (Å²) in [6.07, 6.45) is 0.817. The molecule has 1 aromatic heterocycles. The van der Waals surface area contributed by atoms with Crippen LogP contribution in [0.15, 0.2) is 4.90 Å². The van der Waals surface area contributed by atoms with Gasteiger partial charge in [0, 0.05) is 39.3 Å². The van der Waals surface area contributed by atoms with Gasteiger partial charge in [0.25, 0.3) is 0 Å². The number of sulfonamides is 1. The Balaban J connectivity index is 0.00000312. The van der Waals surface area contributed by atoms with Crippen LogP contribution in [0.5, 0.6) is 0 Å². The summed E-state index contributed by atoms with van der Waals surface area (Å²) in [7, 11) is -3.50. The number of rotatable bonds is 8. The van der Waals surface area contributed by atoms with Gasteiger partial charge < -0.3 is 10.2 Å². The van der Waals surface area contributed by atoms with E-state index in [4.69, 9.17) is 0 Å². The zero-order valence-corrected chi connectivity index (χ0v) is 18.6. The van der Waals surface area contributed by atoms with E-state index in [2.05, 4.69) is 33.9 Å². The van der Waals surface area contributed by atoms with Gasteiger partial charge in [-0.3, -0.25) is 4.68 Å². The van der Waals surface area contributed by atoms with Crippen LogP contribution in [0, 0.1) is 19.8 Å². The number of aryl methyl sites for hydroxylation is 1. The highest BCUT2D eigenvalue weighted by atomic mass is 35.5. The van der Waals surface area contributed by atoms with Gasteiger partial charge in [-0.25, -0.2) is 13.1 Å². The lowest BCUT2D eigenvalue weighted by molar-refractivity contribution is 0.239. The first-order chi connectivity index (χ1) is 11.3. The molecule has 0 spiro atoms. The normalized spacial score (nSPS) is 15.6. The van der Waals surface area contributed by atoms with Crippen molar-refractivity contribution in [2.24, 2.45) is 5.92 Å². The number of nitrogens with one attached hydrogen (secondary N) is 2. The third-order valence-electron chi connectivity index (χ3n) is 4.27. The van der Waals surface area contributed by atoms with Gasteiger partial charge in [-0.05, 0) is 32.7 Å². The molecule has 2 heterocycles. The number of hydrogen-bond acceptors (Lipinski definition) is 5. The van der Waals surface area contributed by atoms with Gasteiger partial charge in [0.2, 0.25) is 10.0 Å². The van der Waals surface area contributed by atoms with Crippen LogP contribution in [-0.2, 0) is 16.6 Å². The highest BCUT2D eigenvalue weighted by Gasteiger charge is 2.24. The first kappa shape index (κ1) is 25.6. The van der Waals surface area contributed by atoms with Crippen molar-refractivity contribution < 1.29 is 8.42 Å². The maximum absolute atomic E-state index is 12.6. The van der Waals surface area contributed by atoms with Crippen molar-refractivity contribution in [1.82, 2.24) is 24.7 Å². The van der Waals surface area contributed by atoms with Gasteiger partial charge in [0.05, 0.1) is 11.4 Å². The zero-order valence-electron chi connectivity index (χ0n) is 16.1. The second-order valence-electron chi connectivity index (χ2n) is 6.92. The van der Waals surface area contributed by atoms with Gasteiger partial charge in [-0.1, -0.05) is 13.8 Å². The highest BCUT2D eigenvalue weighted by Crippen LogP contribution is 2.20. The molecule has 0 bridgehead atoms. The minimum atomic E-state index is -3.50. The van der Waals surface area contributed by atoms with Crippen molar-refractivity contribution in [3.8, 4) is 0 Å². The van der Waals surface area contributed by atoms with Crippen molar-refractivity contribution in [2.75, 3.05) is 39.3 Å². The van der Waals surface area contributed by atoms with Crippen LogP contribution in [0.2, 0.25) is 0 Å². The Morgan fingerprint density at radius 2 is 1.81 bits per heavy atom. The summed E-state index contributed by atoms with van der Waals surface area (Å²) in [6.45, 7) is 14.0. The number of aromatic nitrogens is 2. The summed E-state index contributed by atoms with van der Waals surface area (Å²) < 4.78 is 29.8. The Hall–Kier alpha value is -0.380. The fourth-order valence-corrected chi connectivity index (χ4v) is 4.59. The van der Waals surface area contributed by atoms with Crippen LogP contribution >= 0.6 is 24.8 Å². The molecule has 0 saturated carbocycles. The summed E-state index contributed by atoms with van der Waals surface area (Å²) in [6, 6.07) is 0.